The highest BCUT2D eigenvalue weighted by Gasteiger charge is 2.14. The molecule has 0 saturated carbocycles. The first kappa shape index (κ1) is 14.6. The van der Waals surface area contributed by atoms with E-state index in [1.165, 1.54) is 18.3 Å². The highest BCUT2D eigenvalue weighted by Crippen LogP contribution is 2.08. The van der Waals surface area contributed by atoms with Crippen LogP contribution in [0.5, 0.6) is 0 Å². The fourth-order valence-corrected chi connectivity index (χ4v) is 1.52. The van der Waals surface area contributed by atoms with Crippen LogP contribution in [0.2, 0.25) is 0 Å². The number of nitrogens with zero attached hydrogens (tertiary/aromatic N) is 2. The monoisotopic (exact) mass is 290 g/mol. The van der Waals surface area contributed by atoms with Gasteiger partial charge in [-0.1, -0.05) is 0 Å². The smallest absolute Gasteiger partial charge is 0.331 e. The van der Waals surface area contributed by atoms with E-state index in [9.17, 15) is 14.4 Å². The van der Waals surface area contributed by atoms with Crippen molar-refractivity contribution in [3.8, 4) is 0 Å². The van der Waals surface area contributed by atoms with Gasteiger partial charge < -0.3 is 4.74 Å². The molecule has 8 heteroatoms. The van der Waals surface area contributed by atoms with Crippen LogP contribution < -0.4 is 11.2 Å². The first-order valence-electron chi connectivity index (χ1n) is 6.15. The van der Waals surface area contributed by atoms with Crippen LogP contribution in [0.1, 0.15) is 26.5 Å². The van der Waals surface area contributed by atoms with Crippen LogP contribution >= 0.6 is 0 Å². The van der Waals surface area contributed by atoms with Gasteiger partial charge in [-0.15, -0.1) is 0 Å². The zero-order valence-electron chi connectivity index (χ0n) is 11.8. The van der Waals surface area contributed by atoms with Crippen molar-refractivity contribution in [1.82, 2.24) is 19.9 Å². The summed E-state index contributed by atoms with van der Waals surface area (Å²) >= 11 is 0. The fourth-order valence-electron chi connectivity index (χ4n) is 1.52. The molecule has 0 amide bonds. The Bertz CT molecular complexity index is 826. The summed E-state index contributed by atoms with van der Waals surface area (Å²) in [5, 5.41) is 0. The van der Waals surface area contributed by atoms with Crippen LogP contribution in [0.25, 0.3) is 17.2 Å². The number of nitrogens with one attached hydrogen (secondary N) is 2. The number of H-pyrrole nitrogens is 2. The van der Waals surface area contributed by atoms with Crippen molar-refractivity contribution in [2.24, 2.45) is 0 Å². The van der Waals surface area contributed by atoms with Gasteiger partial charge in [0, 0.05) is 6.08 Å². The molecule has 0 fully saturated rings. The summed E-state index contributed by atoms with van der Waals surface area (Å²) in [5.41, 5.74) is -1.52. The van der Waals surface area contributed by atoms with Gasteiger partial charge in [-0.25, -0.2) is 19.6 Å². The Morgan fingerprint density at radius 2 is 2.00 bits per heavy atom. The van der Waals surface area contributed by atoms with Gasteiger partial charge in [-0.2, -0.15) is 0 Å². The van der Waals surface area contributed by atoms with Crippen molar-refractivity contribution >= 4 is 23.2 Å². The summed E-state index contributed by atoms with van der Waals surface area (Å²) in [6.07, 6.45) is 3.91. The molecule has 0 aromatic carbocycles. The Labute approximate surface area is 118 Å². The molecule has 2 N–H and O–H groups in total. The van der Waals surface area contributed by atoms with Gasteiger partial charge in [0.25, 0.3) is 5.56 Å². The minimum Gasteiger partial charge on any atom is -0.457 e. The Balaban J connectivity index is 2.30. The molecular formula is C13H14N4O4. The summed E-state index contributed by atoms with van der Waals surface area (Å²) in [7, 11) is 0. The van der Waals surface area contributed by atoms with Crippen molar-refractivity contribution in [3.05, 3.63) is 38.8 Å². The quantitative estimate of drug-likeness (QED) is 0.609. The maximum Gasteiger partial charge on any atom is 0.331 e. The van der Waals surface area contributed by atoms with Crippen LogP contribution in [-0.4, -0.2) is 31.5 Å². The number of hydrogen-bond acceptors (Lipinski definition) is 6. The van der Waals surface area contributed by atoms with E-state index in [0.717, 1.165) is 0 Å². The normalized spacial score (nSPS) is 12.0. The highest BCUT2D eigenvalue weighted by molar-refractivity contribution is 5.87. The third-order valence-electron chi connectivity index (χ3n) is 2.26. The van der Waals surface area contributed by atoms with Gasteiger partial charge in [-0.05, 0) is 26.8 Å². The van der Waals surface area contributed by atoms with E-state index in [0.29, 0.717) is 5.69 Å². The maximum absolute atomic E-state index is 11.6. The van der Waals surface area contributed by atoms with E-state index >= 15 is 0 Å². The summed E-state index contributed by atoms with van der Waals surface area (Å²) in [4.78, 5) is 46.5. The van der Waals surface area contributed by atoms with Gasteiger partial charge in [0.15, 0.2) is 11.2 Å². The van der Waals surface area contributed by atoms with Crippen LogP contribution in [0.4, 0.5) is 0 Å². The lowest BCUT2D eigenvalue weighted by molar-refractivity contribution is -0.148. The van der Waals surface area contributed by atoms with Crippen molar-refractivity contribution in [2.75, 3.05) is 0 Å². The summed E-state index contributed by atoms with van der Waals surface area (Å²) < 4.78 is 5.10. The second kappa shape index (κ2) is 5.31. The van der Waals surface area contributed by atoms with Crippen molar-refractivity contribution in [3.63, 3.8) is 0 Å². The van der Waals surface area contributed by atoms with Crippen LogP contribution in [0.15, 0.2) is 21.9 Å². The molecule has 21 heavy (non-hydrogen) atoms. The number of fused-ring (bicyclic) bond motifs is 1. The van der Waals surface area contributed by atoms with Gasteiger partial charge in [0.05, 0.1) is 11.9 Å². The van der Waals surface area contributed by atoms with Crippen molar-refractivity contribution in [2.45, 2.75) is 26.4 Å². The Kier molecular flexibility index (Phi) is 3.70. The van der Waals surface area contributed by atoms with E-state index in [-0.39, 0.29) is 11.2 Å². The Hall–Kier alpha value is -2.77. The summed E-state index contributed by atoms with van der Waals surface area (Å²) in [5.74, 6) is -0.528. The third kappa shape index (κ3) is 3.85. The number of aromatic amines is 2. The minimum atomic E-state index is -0.654. The molecule has 2 aromatic rings. The highest BCUT2D eigenvalue weighted by atomic mass is 16.6. The molecule has 0 unspecified atom stereocenters. The SMILES string of the molecule is CC(C)(C)OC(=O)/C=C/c1cnc2[nH]c(=O)[nH]c(=O)c2n1. The van der Waals surface area contributed by atoms with Crippen LogP contribution in [-0.2, 0) is 9.53 Å². The Morgan fingerprint density at radius 1 is 1.29 bits per heavy atom. The molecule has 0 saturated heterocycles. The fraction of sp³-hybridized carbons (Fsp3) is 0.308. The van der Waals surface area contributed by atoms with E-state index in [1.807, 2.05) is 0 Å². The predicted octanol–water partition coefficient (Wildman–Crippen LogP) is 0.361. The number of carbonyl (C=O) groups is 1. The molecule has 0 aliphatic rings. The molecule has 0 atom stereocenters. The van der Waals surface area contributed by atoms with Gasteiger partial charge in [-0.3, -0.25) is 14.8 Å². The molecule has 0 bridgehead atoms. The summed E-state index contributed by atoms with van der Waals surface area (Å²) in [6, 6.07) is 0. The lowest BCUT2D eigenvalue weighted by Crippen LogP contribution is -2.23. The van der Waals surface area contributed by atoms with E-state index < -0.39 is 22.8 Å². The number of rotatable bonds is 2. The summed E-state index contributed by atoms with van der Waals surface area (Å²) in [6.45, 7) is 5.26. The largest absolute Gasteiger partial charge is 0.457 e. The predicted molar refractivity (Wildman–Crippen MR) is 75.7 cm³/mol. The van der Waals surface area contributed by atoms with Gasteiger partial charge in [0.1, 0.15) is 5.60 Å². The van der Waals surface area contributed by atoms with E-state index in [4.69, 9.17) is 4.74 Å². The standard InChI is InChI=1S/C13H14N4O4/c1-13(2,3)21-8(18)5-4-7-6-14-10-9(15-7)11(19)17-12(20)16-10/h4-6H,1-3H3,(H2,14,16,17,19,20)/b5-4+. The molecule has 2 rings (SSSR count). The van der Waals surface area contributed by atoms with Crippen molar-refractivity contribution in [1.29, 1.82) is 0 Å². The molecular weight excluding hydrogens is 276 g/mol. The average molecular weight is 290 g/mol. The molecule has 110 valence electrons. The topological polar surface area (TPSA) is 118 Å². The molecule has 8 nitrogen and oxygen atoms in total. The molecule has 0 radical (unpaired) electrons. The second-order valence-electron chi connectivity index (χ2n) is 5.27. The minimum absolute atomic E-state index is 0.0130. The molecule has 0 spiro atoms. The molecule has 0 aliphatic heterocycles. The average Bonchev–Trinajstić information content (AvgIpc) is 2.34. The number of carbonyl (C=O) groups excluding carboxylic acids is 1. The van der Waals surface area contributed by atoms with E-state index in [1.54, 1.807) is 20.8 Å². The lowest BCUT2D eigenvalue weighted by atomic mass is 10.2. The number of esters is 1. The first-order chi connectivity index (χ1) is 9.74. The Morgan fingerprint density at radius 3 is 2.67 bits per heavy atom. The molecule has 2 aromatic heterocycles. The van der Waals surface area contributed by atoms with E-state index in [2.05, 4.69) is 19.9 Å². The van der Waals surface area contributed by atoms with Crippen LogP contribution in [0.3, 0.4) is 0 Å². The first-order valence-corrected chi connectivity index (χ1v) is 6.15. The molecule has 2 heterocycles. The molecule has 0 aliphatic carbocycles. The lowest BCUT2D eigenvalue weighted by Gasteiger charge is -2.17. The van der Waals surface area contributed by atoms with Crippen molar-refractivity contribution < 1.29 is 9.53 Å². The number of aromatic nitrogens is 4. The third-order valence-corrected chi connectivity index (χ3v) is 2.26. The number of hydrogen-bond donors (Lipinski definition) is 2. The van der Waals surface area contributed by atoms with Gasteiger partial charge in [0.2, 0.25) is 0 Å². The van der Waals surface area contributed by atoms with Gasteiger partial charge >= 0.3 is 11.7 Å². The zero-order valence-corrected chi connectivity index (χ0v) is 11.8. The number of ether oxygens (including phenoxy) is 1. The maximum atomic E-state index is 11.6. The van der Waals surface area contributed by atoms with Crippen LogP contribution in [0, 0.1) is 0 Å². The zero-order chi connectivity index (χ0) is 15.6. The second-order valence-corrected chi connectivity index (χ2v) is 5.27.